The van der Waals surface area contributed by atoms with Crippen LogP contribution in [0.4, 0.5) is 0 Å². The standard InChI is InChI=1S/C11H6BrN/c1-2-8-5-6-10(12)11-9(8)4-3-7-13-11/h1,3-7H. The maximum absolute atomic E-state index is 5.37. The Morgan fingerprint density at radius 1 is 1.31 bits per heavy atom. The Hall–Kier alpha value is -1.33. The van der Waals surface area contributed by atoms with E-state index in [1.54, 1.807) is 6.20 Å². The Bertz CT molecular complexity index is 497. The van der Waals surface area contributed by atoms with Gasteiger partial charge in [0, 0.05) is 21.6 Å². The molecule has 1 heterocycles. The average molecular weight is 232 g/mol. The predicted octanol–water partition coefficient (Wildman–Crippen LogP) is 2.98. The van der Waals surface area contributed by atoms with Gasteiger partial charge in [-0.15, -0.1) is 6.42 Å². The van der Waals surface area contributed by atoms with Crippen LogP contribution in [0.15, 0.2) is 34.9 Å². The second kappa shape index (κ2) is 3.20. The fourth-order valence-corrected chi connectivity index (χ4v) is 1.71. The quantitative estimate of drug-likeness (QED) is 0.636. The Morgan fingerprint density at radius 2 is 2.15 bits per heavy atom. The molecule has 0 saturated carbocycles. The lowest BCUT2D eigenvalue weighted by atomic mass is 10.1. The van der Waals surface area contributed by atoms with E-state index in [2.05, 4.69) is 26.8 Å². The van der Waals surface area contributed by atoms with Crippen molar-refractivity contribution in [1.82, 2.24) is 4.98 Å². The van der Waals surface area contributed by atoms with E-state index in [1.165, 1.54) is 0 Å². The van der Waals surface area contributed by atoms with Gasteiger partial charge in [-0.25, -0.2) is 0 Å². The van der Waals surface area contributed by atoms with E-state index >= 15 is 0 Å². The lowest BCUT2D eigenvalue weighted by Crippen LogP contribution is -1.83. The van der Waals surface area contributed by atoms with Gasteiger partial charge in [0.05, 0.1) is 5.52 Å². The van der Waals surface area contributed by atoms with Gasteiger partial charge in [0.15, 0.2) is 0 Å². The van der Waals surface area contributed by atoms with E-state index in [1.807, 2.05) is 24.3 Å². The molecule has 13 heavy (non-hydrogen) atoms. The maximum Gasteiger partial charge on any atom is 0.0856 e. The van der Waals surface area contributed by atoms with Gasteiger partial charge >= 0.3 is 0 Å². The summed E-state index contributed by atoms with van der Waals surface area (Å²) in [5.41, 5.74) is 1.80. The summed E-state index contributed by atoms with van der Waals surface area (Å²) in [5, 5.41) is 1.01. The third-order valence-electron chi connectivity index (χ3n) is 1.88. The van der Waals surface area contributed by atoms with Crippen LogP contribution in [0.1, 0.15) is 5.56 Å². The highest BCUT2D eigenvalue weighted by Gasteiger charge is 2.01. The van der Waals surface area contributed by atoms with E-state index in [9.17, 15) is 0 Å². The molecule has 0 aliphatic rings. The molecule has 0 spiro atoms. The Balaban J connectivity index is 2.95. The number of terminal acetylenes is 1. The molecular weight excluding hydrogens is 226 g/mol. The van der Waals surface area contributed by atoms with Gasteiger partial charge in [-0.05, 0) is 40.2 Å². The molecule has 2 heteroatoms. The Kier molecular flexibility index (Phi) is 2.03. The second-order valence-corrected chi connectivity index (χ2v) is 3.49. The third-order valence-corrected chi connectivity index (χ3v) is 2.52. The first kappa shape index (κ1) is 8.28. The van der Waals surface area contributed by atoms with Gasteiger partial charge in [0.2, 0.25) is 0 Å². The summed E-state index contributed by atoms with van der Waals surface area (Å²) in [6.45, 7) is 0. The minimum absolute atomic E-state index is 0.881. The lowest BCUT2D eigenvalue weighted by molar-refractivity contribution is 1.40. The zero-order valence-electron chi connectivity index (χ0n) is 6.79. The number of pyridine rings is 1. The molecular formula is C11H6BrN. The summed E-state index contributed by atoms with van der Waals surface area (Å²) >= 11 is 3.43. The van der Waals surface area contributed by atoms with E-state index in [4.69, 9.17) is 6.42 Å². The summed E-state index contributed by atoms with van der Waals surface area (Å²) in [6, 6.07) is 7.69. The highest BCUT2D eigenvalue weighted by atomic mass is 79.9. The van der Waals surface area contributed by atoms with Crippen LogP contribution >= 0.6 is 15.9 Å². The number of benzene rings is 1. The molecule has 1 aromatic heterocycles. The fourth-order valence-electron chi connectivity index (χ4n) is 1.26. The monoisotopic (exact) mass is 231 g/mol. The number of halogens is 1. The molecule has 0 unspecified atom stereocenters. The van der Waals surface area contributed by atoms with Crippen LogP contribution in [0.5, 0.6) is 0 Å². The second-order valence-electron chi connectivity index (χ2n) is 2.64. The summed E-state index contributed by atoms with van der Waals surface area (Å²) < 4.78 is 0.974. The molecule has 1 aromatic carbocycles. The van der Waals surface area contributed by atoms with Gasteiger partial charge in [0.1, 0.15) is 0 Å². The first-order valence-corrected chi connectivity index (χ1v) is 4.62. The van der Waals surface area contributed by atoms with Crippen LogP contribution in [0.2, 0.25) is 0 Å². The summed E-state index contributed by atoms with van der Waals surface area (Å²) in [6.07, 6.45) is 7.13. The van der Waals surface area contributed by atoms with E-state index < -0.39 is 0 Å². The summed E-state index contributed by atoms with van der Waals surface area (Å²) in [5.74, 6) is 2.64. The number of hydrogen-bond donors (Lipinski definition) is 0. The van der Waals surface area contributed by atoms with Gasteiger partial charge in [0.25, 0.3) is 0 Å². The van der Waals surface area contributed by atoms with E-state index in [0.717, 1.165) is 20.9 Å². The predicted molar refractivity (Wildman–Crippen MR) is 57.4 cm³/mol. The molecule has 2 aromatic rings. The SMILES string of the molecule is C#Cc1ccc(Br)c2ncccc12. The van der Waals surface area contributed by atoms with Crippen LogP contribution < -0.4 is 0 Å². The number of hydrogen-bond acceptors (Lipinski definition) is 1. The zero-order valence-corrected chi connectivity index (χ0v) is 8.38. The Labute approximate surface area is 84.9 Å². The average Bonchev–Trinajstić information content (AvgIpc) is 2.19. The lowest BCUT2D eigenvalue weighted by Gasteiger charge is -2.01. The number of fused-ring (bicyclic) bond motifs is 1. The molecule has 0 N–H and O–H groups in total. The highest BCUT2D eigenvalue weighted by Crippen LogP contribution is 2.24. The summed E-state index contributed by atoms with van der Waals surface area (Å²) in [7, 11) is 0. The van der Waals surface area contributed by atoms with Crippen LogP contribution in [0.3, 0.4) is 0 Å². The van der Waals surface area contributed by atoms with Gasteiger partial charge < -0.3 is 0 Å². The van der Waals surface area contributed by atoms with Crippen molar-refractivity contribution in [2.75, 3.05) is 0 Å². The van der Waals surface area contributed by atoms with E-state index in [0.29, 0.717) is 0 Å². The first-order chi connectivity index (χ1) is 6.33. The van der Waals surface area contributed by atoms with Crippen LogP contribution in [-0.4, -0.2) is 4.98 Å². The van der Waals surface area contributed by atoms with Crippen molar-refractivity contribution in [3.05, 3.63) is 40.5 Å². The van der Waals surface area contributed by atoms with Crippen molar-refractivity contribution >= 4 is 26.8 Å². The van der Waals surface area contributed by atoms with Gasteiger partial charge in [-0.3, -0.25) is 4.98 Å². The van der Waals surface area contributed by atoms with Crippen molar-refractivity contribution in [3.8, 4) is 12.3 Å². The molecule has 0 bridgehead atoms. The van der Waals surface area contributed by atoms with Crippen molar-refractivity contribution < 1.29 is 0 Å². The molecule has 0 radical (unpaired) electrons. The van der Waals surface area contributed by atoms with E-state index in [-0.39, 0.29) is 0 Å². The molecule has 0 aliphatic carbocycles. The zero-order chi connectivity index (χ0) is 9.26. The first-order valence-electron chi connectivity index (χ1n) is 3.83. The molecule has 0 saturated heterocycles. The minimum Gasteiger partial charge on any atom is -0.255 e. The molecule has 62 valence electrons. The van der Waals surface area contributed by atoms with Crippen LogP contribution in [-0.2, 0) is 0 Å². The van der Waals surface area contributed by atoms with Gasteiger partial charge in [-0.1, -0.05) is 5.92 Å². The highest BCUT2D eigenvalue weighted by molar-refractivity contribution is 9.10. The molecule has 2 rings (SSSR count). The Morgan fingerprint density at radius 3 is 2.92 bits per heavy atom. The topological polar surface area (TPSA) is 12.9 Å². The molecule has 0 fully saturated rings. The third kappa shape index (κ3) is 1.32. The number of rotatable bonds is 0. The molecule has 1 nitrogen and oxygen atoms in total. The van der Waals surface area contributed by atoms with Crippen LogP contribution in [0.25, 0.3) is 10.9 Å². The van der Waals surface area contributed by atoms with Crippen LogP contribution in [0, 0.1) is 12.3 Å². The smallest absolute Gasteiger partial charge is 0.0856 e. The largest absolute Gasteiger partial charge is 0.255 e. The minimum atomic E-state index is 0.881. The molecule has 0 aliphatic heterocycles. The summed E-state index contributed by atoms with van der Waals surface area (Å²) in [4.78, 5) is 4.25. The fraction of sp³-hybridized carbons (Fsp3) is 0. The normalized spacial score (nSPS) is 9.85. The number of nitrogens with zero attached hydrogens (tertiary/aromatic N) is 1. The van der Waals surface area contributed by atoms with Crippen molar-refractivity contribution in [2.24, 2.45) is 0 Å². The van der Waals surface area contributed by atoms with Crippen molar-refractivity contribution in [2.45, 2.75) is 0 Å². The van der Waals surface area contributed by atoms with Gasteiger partial charge in [-0.2, -0.15) is 0 Å². The number of aromatic nitrogens is 1. The maximum atomic E-state index is 5.37. The van der Waals surface area contributed by atoms with Crippen molar-refractivity contribution in [1.29, 1.82) is 0 Å². The molecule has 0 amide bonds. The van der Waals surface area contributed by atoms with Crippen molar-refractivity contribution in [3.63, 3.8) is 0 Å². The molecule has 0 atom stereocenters.